The van der Waals surface area contributed by atoms with Gasteiger partial charge in [-0.2, -0.15) is 0 Å². The number of nitrogens with one attached hydrogen (secondary N) is 2. The van der Waals surface area contributed by atoms with E-state index in [1.165, 1.54) is 0 Å². The van der Waals surface area contributed by atoms with Crippen LogP contribution in [0, 0.1) is 0 Å². The van der Waals surface area contributed by atoms with E-state index in [2.05, 4.69) is 10.6 Å². The number of hydrogen-bond acceptors (Lipinski definition) is 8. The minimum Gasteiger partial charge on any atom is -0.387 e. The molecule has 0 spiro atoms. The van der Waals surface area contributed by atoms with Gasteiger partial charge in [0.25, 0.3) is 0 Å². The molecule has 0 saturated carbocycles. The van der Waals surface area contributed by atoms with Crippen molar-refractivity contribution in [1.29, 1.82) is 0 Å². The maximum Gasteiger partial charge on any atom is 0.246 e. The summed E-state index contributed by atoms with van der Waals surface area (Å²) in [6, 6.07) is 0. The lowest BCUT2D eigenvalue weighted by atomic mass is 10.5. The SMILES string of the molecule is NC(=O)COCCCOCCNC(=O)COCCCOCCNC(=O)CO. The fourth-order valence-corrected chi connectivity index (χ4v) is 1.70. The number of rotatable bonds is 19. The second-order valence-electron chi connectivity index (χ2n) is 5.36. The van der Waals surface area contributed by atoms with Crippen molar-refractivity contribution in [3.63, 3.8) is 0 Å². The Bertz CT molecular complexity index is 409. The number of aliphatic hydroxyl groups excluding tert-OH is 1. The lowest BCUT2D eigenvalue weighted by Gasteiger charge is -2.08. The summed E-state index contributed by atoms with van der Waals surface area (Å²) in [5, 5.41) is 13.6. The van der Waals surface area contributed by atoms with Gasteiger partial charge in [0, 0.05) is 39.5 Å². The summed E-state index contributed by atoms with van der Waals surface area (Å²) in [5.74, 6) is -1.17. The molecule has 0 heterocycles. The molecular weight excluding hydrogens is 362 g/mol. The number of hydrogen-bond donors (Lipinski definition) is 4. The van der Waals surface area contributed by atoms with E-state index in [1.54, 1.807) is 0 Å². The van der Waals surface area contributed by atoms with Gasteiger partial charge in [0.1, 0.15) is 19.8 Å². The zero-order valence-corrected chi connectivity index (χ0v) is 15.6. The summed E-state index contributed by atoms with van der Waals surface area (Å²) in [6.45, 7) is 2.49. The summed E-state index contributed by atoms with van der Waals surface area (Å²) >= 11 is 0. The Morgan fingerprint density at radius 2 is 1.19 bits per heavy atom. The molecule has 0 aliphatic rings. The Morgan fingerprint density at radius 1 is 0.704 bits per heavy atom. The van der Waals surface area contributed by atoms with Gasteiger partial charge in [0.05, 0.1) is 13.2 Å². The summed E-state index contributed by atoms with van der Waals surface area (Å²) in [6.07, 6.45) is 1.27. The van der Waals surface area contributed by atoms with Crippen molar-refractivity contribution in [2.75, 3.05) is 72.6 Å². The van der Waals surface area contributed by atoms with Gasteiger partial charge < -0.3 is 40.4 Å². The standard InChI is InChI=1S/C16H31N3O8/c17-14(21)12-26-7-1-5-25-10-4-19-16(23)13-27-8-2-6-24-9-3-18-15(22)11-20/h20H,1-13H2,(H2,17,21)(H,18,22)(H,19,23). The topological polar surface area (TPSA) is 158 Å². The Kier molecular flexibility index (Phi) is 17.7. The normalized spacial score (nSPS) is 10.6. The first kappa shape index (κ1) is 25.2. The smallest absolute Gasteiger partial charge is 0.246 e. The molecule has 0 aliphatic carbocycles. The van der Waals surface area contributed by atoms with Gasteiger partial charge >= 0.3 is 0 Å². The van der Waals surface area contributed by atoms with Crippen LogP contribution < -0.4 is 16.4 Å². The number of aliphatic hydroxyl groups is 1. The van der Waals surface area contributed by atoms with Crippen molar-refractivity contribution >= 4 is 17.7 Å². The van der Waals surface area contributed by atoms with Crippen molar-refractivity contribution in [3.05, 3.63) is 0 Å². The average molecular weight is 393 g/mol. The summed E-state index contributed by atoms with van der Waals surface area (Å²) in [4.78, 5) is 32.7. The van der Waals surface area contributed by atoms with Crippen molar-refractivity contribution in [3.8, 4) is 0 Å². The highest BCUT2D eigenvalue weighted by Gasteiger charge is 2.01. The first-order chi connectivity index (χ1) is 13.1. The molecule has 0 radical (unpaired) electrons. The molecule has 5 N–H and O–H groups in total. The van der Waals surface area contributed by atoms with Crippen LogP contribution in [-0.2, 0) is 33.3 Å². The highest BCUT2D eigenvalue weighted by atomic mass is 16.5. The van der Waals surface area contributed by atoms with Gasteiger partial charge in [-0.25, -0.2) is 0 Å². The van der Waals surface area contributed by atoms with Gasteiger partial charge in [-0.1, -0.05) is 0 Å². The second kappa shape index (κ2) is 19.0. The Balaban J connectivity index is 3.22. The number of ether oxygens (including phenoxy) is 4. The Hall–Kier alpha value is -1.79. The fraction of sp³-hybridized carbons (Fsp3) is 0.812. The maximum atomic E-state index is 11.5. The summed E-state index contributed by atoms with van der Waals surface area (Å²) < 4.78 is 20.7. The third-order valence-electron chi connectivity index (χ3n) is 2.91. The zero-order valence-electron chi connectivity index (χ0n) is 15.6. The molecular formula is C16H31N3O8. The molecule has 0 unspecified atom stereocenters. The van der Waals surface area contributed by atoms with Crippen LogP contribution in [0.3, 0.4) is 0 Å². The number of carbonyl (C=O) groups excluding carboxylic acids is 3. The molecule has 0 aromatic rings. The predicted octanol–water partition coefficient (Wildman–Crippen LogP) is -2.46. The van der Waals surface area contributed by atoms with Gasteiger partial charge in [-0.05, 0) is 12.8 Å². The summed E-state index contributed by atoms with van der Waals surface area (Å²) in [7, 11) is 0. The first-order valence-corrected chi connectivity index (χ1v) is 8.79. The van der Waals surface area contributed by atoms with E-state index in [1.807, 2.05) is 0 Å². The molecule has 0 aromatic heterocycles. The van der Waals surface area contributed by atoms with Crippen molar-refractivity contribution in [1.82, 2.24) is 10.6 Å². The molecule has 0 fully saturated rings. The number of nitrogens with two attached hydrogens (primary N) is 1. The van der Waals surface area contributed by atoms with E-state index in [9.17, 15) is 14.4 Å². The fourth-order valence-electron chi connectivity index (χ4n) is 1.70. The molecule has 158 valence electrons. The molecule has 11 heteroatoms. The van der Waals surface area contributed by atoms with E-state index < -0.39 is 18.4 Å². The molecule has 0 atom stereocenters. The van der Waals surface area contributed by atoms with Crippen LogP contribution in [0.5, 0.6) is 0 Å². The van der Waals surface area contributed by atoms with Crippen molar-refractivity contribution < 1.29 is 38.4 Å². The van der Waals surface area contributed by atoms with E-state index in [-0.39, 0.29) is 19.1 Å². The monoisotopic (exact) mass is 393 g/mol. The maximum absolute atomic E-state index is 11.5. The first-order valence-electron chi connectivity index (χ1n) is 8.79. The van der Waals surface area contributed by atoms with Gasteiger partial charge in [-0.15, -0.1) is 0 Å². The quantitative estimate of drug-likeness (QED) is 0.176. The third-order valence-corrected chi connectivity index (χ3v) is 2.91. The lowest BCUT2D eigenvalue weighted by molar-refractivity contribution is -0.126. The molecule has 3 amide bonds. The highest BCUT2D eigenvalue weighted by molar-refractivity contribution is 5.77. The van der Waals surface area contributed by atoms with Crippen LogP contribution >= 0.6 is 0 Å². The lowest BCUT2D eigenvalue weighted by Crippen LogP contribution is -2.31. The van der Waals surface area contributed by atoms with Crippen molar-refractivity contribution in [2.24, 2.45) is 5.73 Å². The number of primary amides is 1. The van der Waals surface area contributed by atoms with Crippen LogP contribution in [0.4, 0.5) is 0 Å². The van der Waals surface area contributed by atoms with E-state index in [0.29, 0.717) is 65.6 Å². The molecule has 0 bridgehead atoms. The largest absolute Gasteiger partial charge is 0.387 e. The van der Waals surface area contributed by atoms with Gasteiger partial charge in [0.2, 0.25) is 17.7 Å². The molecule has 0 aliphatic heterocycles. The average Bonchev–Trinajstić information content (AvgIpc) is 2.64. The molecule has 0 saturated heterocycles. The minimum atomic E-state index is -0.532. The predicted molar refractivity (Wildman–Crippen MR) is 94.8 cm³/mol. The second-order valence-corrected chi connectivity index (χ2v) is 5.36. The number of amides is 3. The van der Waals surface area contributed by atoms with E-state index >= 15 is 0 Å². The van der Waals surface area contributed by atoms with Gasteiger partial charge in [0.15, 0.2) is 0 Å². The Morgan fingerprint density at radius 3 is 1.70 bits per heavy atom. The third kappa shape index (κ3) is 20.4. The zero-order chi connectivity index (χ0) is 20.2. The highest BCUT2D eigenvalue weighted by Crippen LogP contribution is 1.87. The number of carbonyl (C=O) groups is 3. The molecule has 0 rings (SSSR count). The van der Waals surface area contributed by atoms with Gasteiger partial charge in [-0.3, -0.25) is 14.4 Å². The molecule has 0 aromatic carbocycles. The summed E-state index contributed by atoms with van der Waals surface area (Å²) in [5.41, 5.74) is 4.92. The Labute approximate surface area is 158 Å². The van der Waals surface area contributed by atoms with E-state index in [4.69, 9.17) is 29.8 Å². The van der Waals surface area contributed by atoms with Crippen LogP contribution in [0.25, 0.3) is 0 Å². The van der Waals surface area contributed by atoms with Crippen LogP contribution in [0.15, 0.2) is 0 Å². The molecule has 27 heavy (non-hydrogen) atoms. The van der Waals surface area contributed by atoms with Crippen molar-refractivity contribution in [2.45, 2.75) is 12.8 Å². The molecule has 11 nitrogen and oxygen atoms in total. The minimum absolute atomic E-state index is 0.0342. The van der Waals surface area contributed by atoms with E-state index in [0.717, 1.165) is 0 Å². The van der Waals surface area contributed by atoms with Crippen LogP contribution in [0.1, 0.15) is 12.8 Å². The van der Waals surface area contributed by atoms with Crippen LogP contribution in [0.2, 0.25) is 0 Å². The van der Waals surface area contributed by atoms with Crippen LogP contribution in [-0.4, -0.2) is 95.4 Å².